The lowest BCUT2D eigenvalue weighted by molar-refractivity contribution is -0.121. The van der Waals surface area contributed by atoms with Gasteiger partial charge in [-0.25, -0.2) is 0 Å². The highest BCUT2D eigenvalue weighted by atomic mass is 16.5. The van der Waals surface area contributed by atoms with Crippen molar-refractivity contribution in [2.24, 2.45) is 0 Å². The number of anilines is 2. The second-order valence-corrected chi connectivity index (χ2v) is 7.64. The Labute approximate surface area is 202 Å². The number of fused-ring (bicyclic) bond motifs is 1. The minimum atomic E-state index is -0.397. The fourth-order valence-electron chi connectivity index (χ4n) is 3.51. The van der Waals surface area contributed by atoms with Gasteiger partial charge in [-0.2, -0.15) is 0 Å². The highest BCUT2D eigenvalue weighted by molar-refractivity contribution is 6.01. The molecule has 1 aliphatic heterocycles. The average molecular weight is 476 g/mol. The van der Waals surface area contributed by atoms with Gasteiger partial charge in [0.15, 0.2) is 6.61 Å². The fourth-order valence-corrected chi connectivity index (χ4v) is 3.51. The van der Waals surface area contributed by atoms with Crippen LogP contribution in [0.1, 0.15) is 10.4 Å². The quantitative estimate of drug-likeness (QED) is 0.493. The van der Waals surface area contributed by atoms with E-state index >= 15 is 0 Å². The number of amides is 3. The molecule has 0 unspecified atom stereocenters. The third-order valence-electron chi connectivity index (χ3n) is 5.27. The molecular formula is C26H25N3O6. The Balaban J connectivity index is 1.35. The van der Waals surface area contributed by atoms with E-state index in [0.717, 1.165) is 5.75 Å². The van der Waals surface area contributed by atoms with Crippen molar-refractivity contribution in [3.63, 3.8) is 0 Å². The Kier molecular flexibility index (Phi) is 7.47. The number of methoxy groups -OCH3 is 1. The molecule has 0 aromatic heterocycles. The van der Waals surface area contributed by atoms with Crippen LogP contribution in [-0.4, -0.2) is 51.1 Å². The van der Waals surface area contributed by atoms with Crippen LogP contribution >= 0.6 is 0 Å². The van der Waals surface area contributed by atoms with Gasteiger partial charge in [0.2, 0.25) is 5.91 Å². The normalized spacial score (nSPS) is 12.3. The predicted octanol–water partition coefficient (Wildman–Crippen LogP) is 2.87. The number of nitrogens with zero attached hydrogens (tertiary/aromatic N) is 1. The van der Waals surface area contributed by atoms with Gasteiger partial charge in [-0.1, -0.05) is 18.2 Å². The monoisotopic (exact) mass is 475 g/mol. The zero-order valence-corrected chi connectivity index (χ0v) is 19.2. The lowest BCUT2D eigenvalue weighted by atomic mass is 10.2. The zero-order chi connectivity index (χ0) is 24.6. The summed E-state index contributed by atoms with van der Waals surface area (Å²) < 4.78 is 16.4. The van der Waals surface area contributed by atoms with Crippen molar-refractivity contribution in [2.75, 3.05) is 43.6 Å². The molecule has 2 N–H and O–H groups in total. The van der Waals surface area contributed by atoms with Crippen molar-refractivity contribution < 1.29 is 28.6 Å². The number of carbonyl (C=O) groups is 3. The van der Waals surface area contributed by atoms with Crippen LogP contribution in [0.15, 0.2) is 72.8 Å². The summed E-state index contributed by atoms with van der Waals surface area (Å²) in [4.78, 5) is 38.6. The van der Waals surface area contributed by atoms with Crippen LogP contribution in [0.5, 0.6) is 17.2 Å². The van der Waals surface area contributed by atoms with E-state index < -0.39 is 5.91 Å². The molecule has 0 aliphatic carbocycles. The number of nitrogens with one attached hydrogen (secondary N) is 2. The van der Waals surface area contributed by atoms with E-state index in [4.69, 9.17) is 14.2 Å². The lowest BCUT2D eigenvalue weighted by Gasteiger charge is -2.29. The maximum absolute atomic E-state index is 12.5. The van der Waals surface area contributed by atoms with Crippen LogP contribution < -0.4 is 29.7 Å². The lowest BCUT2D eigenvalue weighted by Crippen LogP contribution is -2.41. The molecule has 3 amide bonds. The Morgan fingerprint density at radius 1 is 1.00 bits per heavy atom. The molecule has 0 fully saturated rings. The molecule has 0 bridgehead atoms. The molecule has 0 saturated carbocycles. The number of hydrogen-bond acceptors (Lipinski definition) is 6. The van der Waals surface area contributed by atoms with Crippen LogP contribution in [0.2, 0.25) is 0 Å². The summed E-state index contributed by atoms with van der Waals surface area (Å²) in [6, 6.07) is 20.8. The van der Waals surface area contributed by atoms with Gasteiger partial charge in [-0.3, -0.25) is 14.4 Å². The Morgan fingerprint density at radius 3 is 2.49 bits per heavy atom. The first-order chi connectivity index (χ1) is 17.0. The van der Waals surface area contributed by atoms with Crippen LogP contribution in [0.4, 0.5) is 11.4 Å². The van der Waals surface area contributed by atoms with Crippen molar-refractivity contribution in [2.45, 2.75) is 0 Å². The Morgan fingerprint density at radius 2 is 1.74 bits per heavy atom. The first kappa shape index (κ1) is 23.6. The van der Waals surface area contributed by atoms with Crippen LogP contribution in [-0.2, 0) is 9.59 Å². The molecule has 0 spiro atoms. The molecule has 1 heterocycles. The first-order valence-corrected chi connectivity index (χ1v) is 11.0. The number of benzene rings is 3. The maximum atomic E-state index is 12.5. The molecule has 180 valence electrons. The third-order valence-corrected chi connectivity index (χ3v) is 5.27. The summed E-state index contributed by atoms with van der Waals surface area (Å²) in [5.74, 6) is 0.966. The van der Waals surface area contributed by atoms with Gasteiger partial charge in [-0.05, 0) is 54.6 Å². The Hall–Kier alpha value is -4.53. The number of ether oxygens (including phenoxy) is 3. The van der Waals surface area contributed by atoms with E-state index in [2.05, 4.69) is 10.6 Å². The molecule has 4 rings (SSSR count). The zero-order valence-electron chi connectivity index (χ0n) is 19.2. The molecule has 3 aromatic rings. The van der Waals surface area contributed by atoms with Crippen molar-refractivity contribution in [3.05, 3.63) is 78.4 Å². The number of carbonyl (C=O) groups excluding carboxylic acids is 3. The first-order valence-electron chi connectivity index (χ1n) is 11.0. The van der Waals surface area contributed by atoms with Gasteiger partial charge in [0, 0.05) is 11.3 Å². The van der Waals surface area contributed by atoms with Crippen LogP contribution in [0, 0.1) is 0 Å². The van der Waals surface area contributed by atoms with Gasteiger partial charge in [0.1, 0.15) is 23.9 Å². The molecule has 0 atom stereocenters. The number of hydrogen-bond donors (Lipinski definition) is 2. The summed E-state index contributed by atoms with van der Waals surface area (Å²) in [5, 5.41) is 5.32. The molecule has 0 radical (unpaired) electrons. The maximum Gasteiger partial charge on any atom is 0.265 e. The molecular weight excluding hydrogens is 450 g/mol. The second kappa shape index (κ2) is 11.1. The fraction of sp³-hybridized carbons (Fsp3) is 0.192. The summed E-state index contributed by atoms with van der Waals surface area (Å²) >= 11 is 0. The van der Waals surface area contributed by atoms with E-state index in [1.807, 2.05) is 6.07 Å². The van der Waals surface area contributed by atoms with Gasteiger partial charge in [0.25, 0.3) is 11.8 Å². The summed E-state index contributed by atoms with van der Waals surface area (Å²) in [7, 11) is 1.59. The van der Waals surface area contributed by atoms with Crippen molar-refractivity contribution >= 4 is 29.1 Å². The van der Waals surface area contributed by atoms with Crippen LogP contribution in [0.25, 0.3) is 0 Å². The largest absolute Gasteiger partial charge is 0.497 e. The van der Waals surface area contributed by atoms with Gasteiger partial charge < -0.3 is 29.7 Å². The number of rotatable bonds is 9. The average Bonchev–Trinajstić information content (AvgIpc) is 2.89. The van der Waals surface area contributed by atoms with Gasteiger partial charge in [-0.15, -0.1) is 0 Å². The summed E-state index contributed by atoms with van der Waals surface area (Å²) in [6.07, 6.45) is 0. The Bertz CT molecular complexity index is 1200. The van der Waals surface area contributed by atoms with E-state index in [-0.39, 0.29) is 31.6 Å². The van der Waals surface area contributed by atoms with Crippen molar-refractivity contribution in [1.82, 2.24) is 5.32 Å². The van der Waals surface area contributed by atoms with E-state index in [1.165, 1.54) is 0 Å². The minimum Gasteiger partial charge on any atom is -0.497 e. The molecule has 9 nitrogen and oxygen atoms in total. The van der Waals surface area contributed by atoms with E-state index in [9.17, 15) is 14.4 Å². The van der Waals surface area contributed by atoms with Gasteiger partial charge >= 0.3 is 0 Å². The second-order valence-electron chi connectivity index (χ2n) is 7.64. The molecule has 1 aliphatic rings. The highest BCUT2D eigenvalue weighted by Gasteiger charge is 2.26. The predicted molar refractivity (Wildman–Crippen MR) is 130 cm³/mol. The van der Waals surface area contributed by atoms with Crippen molar-refractivity contribution in [1.29, 1.82) is 0 Å². The van der Waals surface area contributed by atoms with Gasteiger partial charge in [0.05, 0.1) is 25.9 Å². The van der Waals surface area contributed by atoms with Crippen LogP contribution in [0.3, 0.4) is 0 Å². The molecule has 35 heavy (non-hydrogen) atoms. The molecule has 0 saturated heterocycles. The topological polar surface area (TPSA) is 106 Å². The molecule has 3 aromatic carbocycles. The summed E-state index contributed by atoms with van der Waals surface area (Å²) in [6.45, 7) is 0.289. The smallest absolute Gasteiger partial charge is 0.265 e. The third kappa shape index (κ3) is 6.08. The van der Waals surface area contributed by atoms with E-state index in [0.29, 0.717) is 35.0 Å². The standard InChI is InChI=1S/C26H25N3O6/c1-33-20-8-10-21(11-9-20)34-14-13-29-22-15-19(7-12-23(22)35-17-25(29)31)28-24(30)16-27-26(32)18-5-3-2-4-6-18/h2-12,15H,13-14,16-17H2,1H3,(H,27,32)(H,28,30). The SMILES string of the molecule is COc1ccc(OCCN2C(=O)COc3ccc(NC(=O)CNC(=O)c4ccccc4)cc32)cc1. The summed E-state index contributed by atoms with van der Waals surface area (Å²) in [5.41, 5.74) is 1.48. The molecule has 9 heteroatoms. The highest BCUT2D eigenvalue weighted by Crippen LogP contribution is 2.34. The minimum absolute atomic E-state index is 0.0766. The van der Waals surface area contributed by atoms with E-state index in [1.54, 1.807) is 78.7 Å². The van der Waals surface area contributed by atoms with Crippen molar-refractivity contribution in [3.8, 4) is 17.2 Å².